The minimum atomic E-state index is -1.42. The molecule has 0 saturated carbocycles. The van der Waals surface area contributed by atoms with Gasteiger partial charge in [0.05, 0.1) is 12.5 Å². The molecule has 0 spiro atoms. The lowest BCUT2D eigenvalue weighted by Crippen LogP contribution is -2.54. The average Bonchev–Trinajstić information content (AvgIpc) is 2.93. The molecule has 3 atom stereocenters. The van der Waals surface area contributed by atoms with E-state index in [2.05, 4.69) is 17.9 Å². The normalized spacial score (nSPS) is 20.3. The summed E-state index contributed by atoms with van der Waals surface area (Å²) >= 11 is 3.95. The summed E-state index contributed by atoms with van der Waals surface area (Å²) in [6, 6.07) is -3.04. The third-order valence-electron chi connectivity index (χ3n) is 3.37. The van der Waals surface area contributed by atoms with Crippen LogP contribution in [-0.4, -0.2) is 64.1 Å². The number of nitrogens with one attached hydrogen (secondary N) is 1. The van der Waals surface area contributed by atoms with E-state index in [1.165, 1.54) is 4.90 Å². The number of nitrogens with zero attached hydrogens (tertiary/aromatic N) is 1. The first kappa shape index (κ1) is 18.2. The van der Waals surface area contributed by atoms with Crippen molar-refractivity contribution in [2.24, 2.45) is 11.5 Å². The Kier molecular flexibility index (Phi) is 6.62. The lowest BCUT2D eigenvalue weighted by molar-refractivity contribution is -0.145. The summed E-state index contributed by atoms with van der Waals surface area (Å²) in [6.07, 6.45) is 0.494. The molecule has 0 aromatic heterocycles. The van der Waals surface area contributed by atoms with Crippen molar-refractivity contribution in [1.82, 2.24) is 10.2 Å². The zero-order chi connectivity index (χ0) is 16.9. The van der Waals surface area contributed by atoms with Gasteiger partial charge in [0.15, 0.2) is 0 Å². The van der Waals surface area contributed by atoms with Crippen LogP contribution >= 0.6 is 12.6 Å². The van der Waals surface area contributed by atoms with Crippen LogP contribution < -0.4 is 16.8 Å². The lowest BCUT2D eigenvalue weighted by atomic mass is 10.1. The molecular weight excluding hydrogens is 312 g/mol. The molecule has 124 valence electrons. The summed E-state index contributed by atoms with van der Waals surface area (Å²) in [5.41, 5.74) is 10.6. The van der Waals surface area contributed by atoms with Gasteiger partial charge in [-0.3, -0.25) is 14.4 Å². The van der Waals surface area contributed by atoms with Crippen molar-refractivity contribution in [3.05, 3.63) is 0 Å². The van der Waals surface area contributed by atoms with Crippen LogP contribution in [0, 0.1) is 0 Å². The summed E-state index contributed by atoms with van der Waals surface area (Å²) in [7, 11) is 0. The van der Waals surface area contributed by atoms with E-state index in [-0.39, 0.29) is 5.75 Å². The molecular formula is C12H20N4O5S. The summed E-state index contributed by atoms with van der Waals surface area (Å²) in [6.45, 7) is 0.367. The summed E-state index contributed by atoms with van der Waals surface area (Å²) in [4.78, 5) is 47.4. The van der Waals surface area contributed by atoms with Crippen LogP contribution in [0.15, 0.2) is 0 Å². The molecule has 1 heterocycles. The largest absolute Gasteiger partial charge is 0.480 e. The first-order valence-electron chi connectivity index (χ1n) is 6.76. The van der Waals surface area contributed by atoms with E-state index >= 15 is 0 Å². The van der Waals surface area contributed by atoms with Crippen LogP contribution in [0.3, 0.4) is 0 Å². The topological polar surface area (TPSA) is 156 Å². The van der Waals surface area contributed by atoms with Gasteiger partial charge in [0.25, 0.3) is 0 Å². The van der Waals surface area contributed by atoms with Crippen LogP contribution in [0.5, 0.6) is 0 Å². The van der Waals surface area contributed by atoms with E-state index in [0.717, 1.165) is 0 Å². The van der Waals surface area contributed by atoms with Crippen molar-refractivity contribution in [3.63, 3.8) is 0 Å². The van der Waals surface area contributed by atoms with Gasteiger partial charge in [-0.05, 0) is 12.8 Å². The van der Waals surface area contributed by atoms with Gasteiger partial charge in [-0.15, -0.1) is 0 Å². The van der Waals surface area contributed by atoms with E-state index in [9.17, 15) is 19.2 Å². The van der Waals surface area contributed by atoms with Gasteiger partial charge in [0.2, 0.25) is 17.7 Å². The number of rotatable bonds is 7. The fourth-order valence-corrected chi connectivity index (χ4v) is 2.42. The molecule has 1 rings (SSSR count). The van der Waals surface area contributed by atoms with Gasteiger partial charge in [0, 0.05) is 12.3 Å². The molecule has 0 aliphatic carbocycles. The molecule has 10 heteroatoms. The summed E-state index contributed by atoms with van der Waals surface area (Å²) < 4.78 is 0. The number of carboxylic acids is 1. The molecule has 0 bridgehead atoms. The minimum absolute atomic E-state index is 0.142. The summed E-state index contributed by atoms with van der Waals surface area (Å²) in [5, 5.41) is 11.2. The standard InChI is InChI=1S/C12H20N4O5S/c13-6(5-22)11(19)16-3-1-2-8(16)10(18)15-7(12(20)21)4-9(14)17/h6-8,22H,1-5,13H2,(H2,14,17)(H,15,18)(H,20,21)/t6-,7-,8-/m0/s1. The molecule has 6 N–H and O–H groups in total. The zero-order valence-electron chi connectivity index (χ0n) is 11.9. The Hall–Kier alpha value is -1.81. The van der Waals surface area contributed by atoms with Gasteiger partial charge in [0.1, 0.15) is 12.1 Å². The maximum atomic E-state index is 12.2. The summed E-state index contributed by atoms with van der Waals surface area (Å²) in [5.74, 6) is -3.11. The van der Waals surface area contributed by atoms with Crippen molar-refractivity contribution in [3.8, 4) is 0 Å². The second-order valence-electron chi connectivity index (χ2n) is 5.05. The maximum absolute atomic E-state index is 12.2. The molecule has 1 saturated heterocycles. The number of aliphatic carboxylic acids is 1. The molecule has 0 radical (unpaired) electrons. The number of nitrogens with two attached hydrogens (primary N) is 2. The van der Waals surface area contributed by atoms with Crippen LogP contribution in [0.4, 0.5) is 0 Å². The van der Waals surface area contributed by atoms with E-state index in [1.54, 1.807) is 0 Å². The van der Waals surface area contributed by atoms with Gasteiger partial charge in [-0.1, -0.05) is 0 Å². The highest BCUT2D eigenvalue weighted by Crippen LogP contribution is 2.18. The number of hydrogen-bond donors (Lipinski definition) is 5. The fourth-order valence-electron chi connectivity index (χ4n) is 2.26. The monoisotopic (exact) mass is 332 g/mol. The van der Waals surface area contributed by atoms with Crippen molar-refractivity contribution >= 4 is 36.3 Å². The number of thiol groups is 1. The minimum Gasteiger partial charge on any atom is -0.480 e. The smallest absolute Gasteiger partial charge is 0.326 e. The second-order valence-corrected chi connectivity index (χ2v) is 5.41. The predicted molar refractivity (Wildman–Crippen MR) is 79.9 cm³/mol. The Balaban J connectivity index is 2.76. The highest BCUT2D eigenvalue weighted by molar-refractivity contribution is 7.80. The Morgan fingerprint density at radius 1 is 1.36 bits per heavy atom. The first-order chi connectivity index (χ1) is 10.3. The van der Waals surface area contributed by atoms with E-state index in [1.807, 2.05) is 0 Å². The molecule has 1 fully saturated rings. The molecule has 3 amide bonds. The third-order valence-corrected chi connectivity index (χ3v) is 3.77. The Labute approximate surface area is 132 Å². The maximum Gasteiger partial charge on any atom is 0.326 e. The number of primary amides is 1. The van der Waals surface area contributed by atoms with E-state index in [0.29, 0.717) is 19.4 Å². The highest BCUT2D eigenvalue weighted by Gasteiger charge is 2.37. The van der Waals surface area contributed by atoms with Gasteiger partial charge < -0.3 is 26.8 Å². The van der Waals surface area contributed by atoms with E-state index in [4.69, 9.17) is 16.6 Å². The lowest BCUT2D eigenvalue weighted by Gasteiger charge is -2.27. The highest BCUT2D eigenvalue weighted by atomic mass is 32.1. The van der Waals surface area contributed by atoms with Crippen LogP contribution in [0.25, 0.3) is 0 Å². The Morgan fingerprint density at radius 3 is 2.50 bits per heavy atom. The number of carbonyl (C=O) groups is 4. The van der Waals surface area contributed by atoms with Crippen molar-refractivity contribution in [1.29, 1.82) is 0 Å². The van der Waals surface area contributed by atoms with Gasteiger partial charge in [-0.25, -0.2) is 4.79 Å². The molecule has 0 unspecified atom stereocenters. The molecule has 0 aromatic carbocycles. The van der Waals surface area contributed by atoms with Crippen LogP contribution in [0.1, 0.15) is 19.3 Å². The Morgan fingerprint density at radius 2 is 2.00 bits per heavy atom. The number of carboxylic acid groups (broad SMARTS) is 1. The number of amides is 3. The first-order valence-corrected chi connectivity index (χ1v) is 7.39. The molecule has 1 aliphatic heterocycles. The molecule has 1 aliphatic rings. The second kappa shape index (κ2) is 7.99. The SMILES string of the molecule is NC(=O)C[C@H](NC(=O)[C@@H]1CCCN1C(=O)[C@@H](N)CS)C(=O)O. The average molecular weight is 332 g/mol. The van der Waals surface area contributed by atoms with Crippen molar-refractivity contribution in [2.45, 2.75) is 37.4 Å². The molecule has 0 aromatic rings. The van der Waals surface area contributed by atoms with Crippen LogP contribution in [0.2, 0.25) is 0 Å². The predicted octanol–water partition coefficient (Wildman–Crippen LogP) is -2.32. The van der Waals surface area contributed by atoms with E-state index < -0.39 is 48.2 Å². The Bertz CT molecular complexity index is 472. The van der Waals surface area contributed by atoms with Crippen LogP contribution in [-0.2, 0) is 19.2 Å². The van der Waals surface area contributed by atoms with Gasteiger partial charge >= 0.3 is 5.97 Å². The third kappa shape index (κ3) is 4.60. The quantitative estimate of drug-likeness (QED) is 0.329. The van der Waals surface area contributed by atoms with Gasteiger partial charge in [-0.2, -0.15) is 12.6 Å². The number of hydrogen-bond acceptors (Lipinski definition) is 6. The fraction of sp³-hybridized carbons (Fsp3) is 0.667. The number of carbonyl (C=O) groups excluding carboxylic acids is 3. The van der Waals surface area contributed by atoms with Crippen molar-refractivity contribution in [2.75, 3.05) is 12.3 Å². The van der Waals surface area contributed by atoms with Crippen molar-refractivity contribution < 1.29 is 24.3 Å². The molecule has 9 nitrogen and oxygen atoms in total. The zero-order valence-corrected chi connectivity index (χ0v) is 12.8. The molecule has 22 heavy (non-hydrogen) atoms. The number of likely N-dealkylation sites (tertiary alicyclic amines) is 1.